The van der Waals surface area contributed by atoms with Crippen molar-refractivity contribution >= 4 is 22.6 Å². The highest BCUT2D eigenvalue weighted by Gasteiger charge is 2.12. The van der Waals surface area contributed by atoms with E-state index in [1.165, 1.54) is 0 Å². The molecule has 0 bridgehead atoms. The normalized spacial score (nSPS) is 11.2. The monoisotopic (exact) mass is 348 g/mol. The van der Waals surface area contributed by atoms with Crippen molar-refractivity contribution in [2.24, 2.45) is 0 Å². The lowest BCUT2D eigenvalue weighted by atomic mass is 10.1. The van der Waals surface area contributed by atoms with Gasteiger partial charge < -0.3 is 5.32 Å². The number of aromatic nitrogens is 7. The molecule has 9 heteroatoms. The van der Waals surface area contributed by atoms with Crippen molar-refractivity contribution in [3.63, 3.8) is 0 Å². The summed E-state index contributed by atoms with van der Waals surface area (Å²) >= 11 is 0. The van der Waals surface area contributed by atoms with Crippen molar-refractivity contribution < 1.29 is 4.79 Å². The molecular weight excluding hydrogens is 332 g/mol. The number of aromatic amines is 1. The van der Waals surface area contributed by atoms with Gasteiger partial charge in [0, 0.05) is 28.9 Å². The van der Waals surface area contributed by atoms with Crippen molar-refractivity contribution in [1.82, 2.24) is 35.4 Å². The highest BCUT2D eigenvalue weighted by atomic mass is 16.1. The summed E-state index contributed by atoms with van der Waals surface area (Å²) in [6.07, 6.45) is 3.28. The third kappa shape index (κ3) is 2.90. The van der Waals surface area contributed by atoms with Gasteiger partial charge in [-0.25, -0.2) is 9.67 Å². The van der Waals surface area contributed by atoms with E-state index in [-0.39, 0.29) is 11.9 Å². The molecule has 1 aromatic carbocycles. The first-order valence-electron chi connectivity index (χ1n) is 8.10. The van der Waals surface area contributed by atoms with Gasteiger partial charge in [-0.1, -0.05) is 12.1 Å². The summed E-state index contributed by atoms with van der Waals surface area (Å²) in [4.78, 5) is 17.0. The molecule has 4 rings (SSSR count). The van der Waals surface area contributed by atoms with E-state index in [0.29, 0.717) is 17.1 Å². The van der Waals surface area contributed by atoms with Crippen LogP contribution in [0.15, 0.2) is 42.7 Å². The Morgan fingerprint density at radius 1 is 1.23 bits per heavy atom. The van der Waals surface area contributed by atoms with Gasteiger partial charge in [0.05, 0.1) is 11.8 Å². The van der Waals surface area contributed by atoms with Gasteiger partial charge >= 0.3 is 0 Å². The summed E-state index contributed by atoms with van der Waals surface area (Å²) in [5.74, 6) is 0.215. The van der Waals surface area contributed by atoms with Gasteiger partial charge in [-0.2, -0.15) is 10.3 Å². The summed E-state index contributed by atoms with van der Waals surface area (Å²) < 4.78 is 1.82. The molecular formula is C17H16N8O. The molecule has 0 unspecified atom stereocenters. The molecule has 26 heavy (non-hydrogen) atoms. The number of benzene rings is 1. The molecule has 4 aromatic rings. The van der Waals surface area contributed by atoms with E-state index in [1.54, 1.807) is 30.6 Å². The predicted molar refractivity (Wildman–Crippen MR) is 95.5 cm³/mol. The van der Waals surface area contributed by atoms with Crippen LogP contribution in [0.3, 0.4) is 0 Å². The lowest BCUT2D eigenvalue weighted by Crippen LogP contribution is -2.12. The predicted octanol–water partition coefficient (Wildman–Crippen LogP) is 2.44. The Bertz CT molecular complexity index is 1070. The number of tetrazole rings is 1. The second-order valence-electron chi connectivity index (χ2n) is 6.09. The maximum atomic E-state index is 12.6. The van der Waals surface area contributed by atoms with Gasteiger partial charge in [-0.3, -0.25) is 4.79 Å². The number of anilines is 1. The Labute approximate surface area is 148 Å². The van der Waals surface area contributed by atoms with Crippen LogP contribution in [0.5, 0.6) is 0 Å². The number of rotatable bonds is 4. The summed E-state index contributed by atoms with van der Waals surface area (Å²) in [6, 6.07) is 9.22. The first-order chi connectivity index (χ1) is 12.6. The van der Waals surface area contributed by atoms with Gasteiger partial charge in [-0.15, -0.1) is 10.2 Å². The average Bonchev–Trinajstić information content (AvgIpc) is 3.31. The molecule has 0 fully saturated rings. The standard InChI is InChI=1S/C17H16N8O/c1-10(2)25-16-12(9-19-25)6-13(8-18-16)17(26)20-14-5-3-4-11(7-14)15-21-23-24-22-15/h3-10H,1-2H3,(H,20,26)(H,21,22,23,24). The highest BCUT2D eigenvalue weighted by molar-refractivity contribution is 6.05. The number of nitrogens with one attached hydrogen (secondary N) is 2. The fourth-order valence-corrected chi connectivity index (χ4v) is 2.67. The Balaban J connectivity index is 1.59. The van der Waals surface area contributed by atoms with Crippen LogP contribution in [0.1, 0.15) is 30.2 Å². The van der Waals surface area contributed by atoms with Crippen LogP contribution in [0.25, 0.3) is 22.4 Å². The van der Waals surface area contributed by atoms with E-state index in [1.807, 2.05) is 30.7 Å². The molecule has 3 heterocycles. The zero-order valence-corrected chi connectivity index (χ0v) is 14.2. The quantitative estimate of drug-likeness (QED) is 0.585. The minimum Gasteiger partial charge on any atom is -0.322 e. The fraction of sp³-hybridized carbons (Fsp3) is 0.176. The smallest absolute Gasteiger partial charge is 0.257 e. The summed E-state index contributed by atoms with van der Waals surface area (Å²) in [5.41, 5.74) is 2.61. The topological polar surface area (TPSA) is 114 Å². The summed E-state index contributed by atoms with van der Waals surface area (Å²) in [6.45, 7) is 4.07. The van der Waals surface area contributed by atoms with E-state index in [4.69, 9.17) is 0 Å². The molecule has 0 radical (unpaired) electrons. The molecule has 0 spiro atoms. The molecule has 2 N–H and O–H groups in total. The lowest BCUT2D eigenvalue weighted by Gasteiger charge is -2.08. The van der Waals surface area contributed by atoms with E-state index < -0.39 is 0 Å². The maximum absolute atomic E-state index is 12.6. The highest BCUT2D eigenvalue weighted by Crippen LogP contribution is 2.20. The van der Waals surface area contributed by atoms with E-state index in [0.717, 1.165) is 16.6 Å². The number of pyridine rings is 1. The van der Waals surface area contributed by atoms with Crippen LogP contribution in [0.4, 0.5) is 5.69 Å². The summed E-state index contributed by atoms with van der Waals surface area (Å²) in [7, 11) is 0. The molecule has 9 nitrogen and oxygen atoms in total. The fourth-order valence-electron chi connectivity index (χ4n) is 2.67. The third-order valence-electron chi connectivity index (χ3n) is 3.91. The van der Waals surface area contributed by atoms with Crippen LogP contribution in [0, 0.1) is 0 Å². The van der Waals surface area contributed by atoms with Gasteiger partial charge in [0.25, 0.3) is 5.91 Å². The SMILES string of the molecule is CC(C)n1ncc2cc(C(=O)Nc3cccc(-c4nn[nH]n4)c3)cnc21. The number of H-pyrrole nitrogens is 1. The molecule has 0 aliphatic carbocycles. The van der Waals surface area contributed by atoms with Crippen molar-refractivity contribution in [3.8, 4) is 11.4 Å². The molecule has 0 atom stereocenters. The second kappa shape index (κ2) is 6.36. The molecule has 0 saturated carbocycles. The van der Waals surface area contributed by atoms with Gasteiger partial charge in [0.15, 0.2) is 5.65 Å². The molecule has 0 saturated heterocycles. The molecule has 1 amide bonds. The number of fused-ring (bicyclic) bond motifs is 1. The molecule has 0 aliphatic rings. The first-order valence-corrected chi connectivity index (χ1v) is 8.10. The van der Waals surface area contributed by atoms with Crippen LogP contribution < -0.4 is 5.32 Å². The van der Waals surface area contributed by atoms with Crippen LogP contribution in [-0.4, -0.2) is 41.3 Å². The van der Waals surface area contributed by atoms with Crippen LogP contribution in [-0.2, 0) is 0 Å². The number of hydrogen-bond donors (Lipinski definition) is 2. The molecule has 0 aliphatic heterocycles. The van der Waals surface area contributed by atoms with Gasteiger partial charge in [-0.05, 0) is 37.3 Å². The number of nitrogens with zero attached hydrogens (tertiary/aromatic N) is 6. The second-order valence-corrected chi connectivity index (χ2v) is 6.09. The van der Waals surface area contributed by atoms with Crippen LogP contribution >= 0.6 is 0 Å². The number of carbonyl (C=O) groups is 1. The number of hydrogen-bond acceptors (Lipinski definition) is 6. The van der Waals surface area contributed by atoms with Crippen molar-refractivity contribution in [2.75, 3.05) is 5.32 Å². The average molecular weight is 348 g/mol. The number of amides is 1. The minimum atomic E-state index is -0.248. The first kappa shape index (κ1) is 15.9. The zero-order valence-electron chi connectivity index (χ0n) is 14.2. The third-order valence-corrected chi connectivity index (χ3v) is 3.91. The van der Waals surface area contributed by atoms with E-state index in [9.17, 15) is 4.79 Å². The van der Waals surface area contributed by atoms with Gasteiger partial charge in [0.1, 0.15) is 0 Å². The van der Waals surface area contributed by atoms with E-state index in [2.05, 4.69) is 36.0 Å². The largest absolute Gasteiger partial charge is 0.322 e. The minimum absolute atomic E-state index is 0.201. The Kier molecular flexibility index (Phi) is 3.88. The van der Waals surface area contributed by atoms with Crippen LogP contribution in [0.2, 0.25) is 0 Å². The Morgan fingerprint density at radius 2 is 2.12 bits per heavy atom. The van der Waals surface area contributed by atoms with Gasteiger partial charge in [0.2, 0.25) is 5.82 Å². The van der Waals surface area contributed by atoms with Crippen molar-refractivity contribution in [3.05, 3.63) is 48.3 Å². The molecule has 130 valence electrons. The van der Waals surface area contributed by atoms with Crippen molar-refractivity contribution in [2.45, 2.75) is 19.9 Å². The van der Waals surface area contributed by atoms with E-state index >= 15 is 0 Å². The lowest BCUT2D eigenvalue weighted by molar-refractivity contribution is 0.102. The van der Waals surface area contributed by atoms with Crippen molar-refractivity contribution in [1.29, 1.82) is 0 Å². The number of carbonyl (C=O) groups excluding carboxylic acids is 1. The zero-order chi connectivity index (χ0) is 18.1. The Morgan fingerprint density at radius 3 is 2.88 bits per heavy atom. The maximum Gasteiger partial charge on any atom is 0.257 e. The molecule has 3 aromatic heterocycles. The Hall–Kier alpha value is -3.62. The summed E-state index contributed by atoms with van der Waals surface area (Å²) in [5, 5.41) is 21.8.